The van der Waals surface area contributed by atoms with Crippen LogP contribution in [0.3, 0.4) is 0 Å². The number of nitrogens with zero attached hydrogens (tertiary/aromatic N) is 1. The monoisotopic (exact) mass is 309 g/mol. The summed E-state index contributed by atoms with van der Waals surface area (Å²) in [5.41, 5.74) is 0. The summed E-state index contributed by atoms with van der Waals surface area (Å²) in [6, 6.07) is 7.64. The highest BCUT2D eigenvalue weighted by Crippen LogP contribution is 2.37. The van der Waals surface area contributed by atoms with Gasteiger partial charge in [0.2, 0.25) is 0 Å². The smallest absolute Gasteiger partial charge is 0.321 e. The van der Waals surface area contributed by atoms with Gasteiger partial charge in [0, 0.05) is 21.5 Å². The zero-order chi connectivity index (χ0) is 14.3. The predicted octanol–water partition coefficient (Wildman–Crippen LogP) is 3.85. The Balaban J connectivity index is 1.89. The van der Waals surface area contributed by atoms with Crippen molar-refractivity contribution in [3.05, 3.63) is 34.2 Å². The Morgan fingerprint density at radius 1 is 1.50 bits per heavy atom. The van der Waals surface area contributed by atoms with Gasteiger partial charge in [0.25, 0.3) is 0 Å². The number of fused-ring (bicyclic) bond motifs is 1. The van der Waals surface area contributed by atoms with Crippen LogP contribution in [-0.2, 0) is 11.3 Å². The number of hydrogen-bond donors (Lipinski definition) is 1. The molecule has 0 saturated carbocycles. The third kappa shape index (κ3) is 2.32. The van der Waals surface area contributed by atoms with Crippen molar-refractivity contribution < 1.29 is 9.90 Å². The summed E-state index contributed by atoms with van der Waals surface area (Å²) >= 11 is 8.09. The standard InChI is InChI=1S/C15H16ClNO2S/c1-9-6-7-17(14(9)15(18)19)8-12-13(16)10-4-2-3-5-11(10)20-12/h2-5,9,14H,6-8H2,1H3,(H,18,19). The summed E-state index contributed by atoms with van der Waals surface area (Å²) in [4.78, 5) is 14.5. The van der Waals surface area contributed by atoms with E-state index in [9.17, 15) is 9.90 Å². The Kier molecular flexibility index (Phi) is 3.71. The van der Waals surface area contributed by atoms with E-state index >= 15 is 0 Å². The molecule has 2 aromatic rings. The molecule has 2 unspecified atom stereocenters. The second-order valence-electron chi connectivity index (χ2n) is 5.35. The Labute approximate surface area is 126 Å². The molecule has 20 heavy (non-hydrogen) atoms. The van der Waals surface area contributed by atoms with Gasteiger partial charge in [0.05, 0.1) is 5.02 Å². The van der Waals surface area contributed by atoms with Gasteiger partial charge in [-0.05, 0) is 24.9 Å². The lowest BCUT2D eigenvalue weighted by Crippen LogP contribution is -2.38. The minimum atomic E-state index is -0.729. The maximum atomic E-state index is 11.4. The number of aliphatic carboxylic acids is 1. The van der Waals surface area contributed by atoms with Crippen LogP contribution in [0, 0.1) is 5.92 Å². The fourth-order valence-electron chi connectivity index (χ4n) is 2.95. The van der Waals surface area contributed by atoms with E-state index in [0.717, 1.165) is 33.0 Å². The molecule has 1 aromatic heterocycles. The lowest BCUT2D eigenvalue weighted by atomic mass is 10.0. The highest BCUT2D eigenvalue weighted by molar-refractivity contribution is 7.19. The molecule has 0 radical (unpaired) electrons. The maximum absolute atomic E-state index is 11.4. The minimum absolute atomic E-state index is 0.195. The van der Waals surface area contributed by atoms with Crippen LogP contribution in [0.2, 0.25) is 5.02 Å². The van der Waals surface area contributed by atoms with E-state index in [2.05, 4.69) is 6.07 Å². The highest BCUT2D eigenvalue weighted by atomic mass is 35.5. The van der Waals surface area contributed by atoms with Crippen molar-refractivity contribution in [2.75, 3.05) is 6.54 Å². The predicted molar refractivity (Wildman–Crippen MR) is 82.4 cm³/mol. The molecule has 1 fully saturated rings. The van der Waals surface area contributed by atoms with Crippen molar-refractivity contribution in [2.24, 2.45) is 5.92 Å². The van der Waals surface area contributed by atoms with Crippen molar-refractivity contribution in [3.63, 3.8) is 0 Å². The summed E-state index contributed by atoms with van der Waals surface area (Å²) in [7, 11) is 0. The van der Waals surface area contributed by atoms with Crippen LogP contribution in [0.15, 0.2) is 24.3 Å². The zero-order valence-electron chi connectivity index (χ0n) is 11.2. The first-order valence-electron chi connectivity index (χ1n) is 6.70. The van der Waals surface area contributed by atoms with Gasteiger partial charge in [-0.15, -0.1) is 11.3 Å². The molecule has 1 aliphatic rings. The van der Waals surface area contributed by atoms with Gasteiger partial charge in [-0.1, -0.05) is 36.7 Å². The number of likely N-dealkylation sites (tertiary alicyclic amines) is 1. The van der Waals surface area contributed by atoms with Crippen LogP contribution < -0.4 is 0 Å². The van der Waals surface area contributed by atoms with Crippen LogP contribution in [-0.4, -0.2) is 28.6 Å². The Hall–Kier alpha value is -1.10. The summed E-state index contributed by atoms with van der Waals surface area (Å²) in [6.45, 7) is 3.45. The van der Waals surface area contributed by atoms with E-state index < -0.39 is 12.0 Å². The molecule has 0 spiro atoms. The first-order valence-corrected chi connectivity index (χ1v) is 7.90. The number of carboxylic acids is 1. The number of hydrogen-bond acceptors (Lipinski definition) is 3. The summed E-state index contributed by atoms with van der Waals surface area (Å²) < 4.78 is 1.16. The van der Waals surface area contributed by atoms with E-state index in [-0.39, 0.29) is 5.92 Å². The van der Waals surface area contributed by atoms with Crippen molar-refractivity contribution in [1.29, 1.82) is 0 Å². The number of thiophene rings is 1. The quantitative estimate of drug-likeness (QED) is 0.936. The van der Waals surface area contributed by atoms with Crippen molar-refractivity contribution in [2.45, 2.75) is 25.9 Å². The van der Waals surface area contributed by atoms with Gasteiger partial charge in [-0.3, -0.25) is 9.69 Å². The second-order valence-corrected chi connectivity index (χ2v) is 6.87. The number of halogens is 1. The normalized spacial score (nSPS) is 23.5. The average Bonchev–Trinajstić information content (AvgIpc) is 2.93. The zero-order valence-corrected chi connectivity index (χ0v) is 12.7. The molecular formula is C15H16ClNO2S. The molecule has 106 valence electrons. The SMILES string of the molecule is CC1CCN(Cc2sc3ccccc3c2Cl)C1C(=O)O. The van der Waals surface area contributed by atoms with Gasteiger partial charge in [0.15, 0.2) is 0 Å². The van der Waals surface area contributed by atoms with E-state index in [0.29, 0.717) is 6.54 Å². The summed E-state index contributed by atoms with van der Waals surface area (Å²) in [5, 5.41) is 11.2. The van der Waals surface area contributed by atoms with Crippen LogP contribution in [0.4, 0.5) is 0 Å². The number of carbonyl (C=O) groups is 1. The highest BCUT2D eigenvalue weighted by Gasteiger charge is 2.37. The maximum Gasteiger partial charge on any atom is 0.321 e. The summed E-state index contributed by atoms with van der Waals surface area (Å²) in [6.07, 6.45) is 0.930. The molecule has 1 aromatic carbocycles. The number of benzene rings is 1. The largest absolute Gasteiger partial charge is 0.480 e. The van der Waals surface area contributed by atoms with Crippen LogP contribution >= 0.6 is 22.9 Å². The van der Waals surface area contributed by atoms with E-state index in [4.69, 9.17) is 11.6 Å². The molecular weight excluding hydrogens is 294 g/mol. The minimum Gasteiger partial charge on any atom is -0.480 e. The van der Waals surface area contributed by atoms with Gasteiger partial charge >= 0.3 is 5.97 Å². The van der Waals surface area contributed by atoms with E-state index in [1.165, 1.54) is 0 Å². The molecule has 3 nitrogen and oxygen atoms in total. The van der Waals surface area contributed by atoms with Crippen molar-refractivity contribution in [1.82, 2.24) is 4.90 Å². The van der Waals surface area contributed by atoms with Crippen molar-refractivity contribution >= 4 is 39.0 Å². The molecule has 2 atom stereocenters. The Morgan fingerprint density at radius 2 is 2.25 bits per heavy atom. The molecule has 5 heteroatoms. The van der Waals surface area contributed by atoms with Crippen molar-refractivity contribution in [3.8, 4) is 0 Å². The lowest BCUT2D eigenvalue weighted by Gasteiger charge is -2.22. The molecule has 1 aliphatic heterocycles. The van der Waals surface area contributed by atoms with Gasteiger partial charge < -0.3 is 5.11 Å². The fourth-order valence-corrected chi connectivity index (χ4v) is 4.47. The first kappa shape index (κ1) is 13.9. The van der Waals surface area contributed by atoms with Crippen LogP contribution in [0.1, 0.15) is 18.2 Å². The molecule has 0 bridgehead atoms. The Morgan fingerprint density at radius 3 is 2.95 bits per heavy atom. The average molecular weight is 310 g/mol. The topological polar surface area (TPSA) is 40.5 Å². The Bertz CT molecular complexity index is 654. The van der Waals surface area contributed by atoms with E-state index in [1.807, 2.05) is 30.0 Å². The van der Waals surface area contributed by atoms with E-state index in [1.54, 1.807) is 11.3 Å². The third-order valence-corrected chi connectivity index (χ3v) is 5.70. The van der Waals surface area contributed by atoms with Gasteiger partial charge in [0.1, 0.15) is 6.04 Å². The first-order chi connectivity index (χ1) is 9.58. The molecule has 2 heterocycles. The molecule has 0 amide bonds. The van der Waals surface area contributed by atoms with Gasteiger partial charge in [-0.25, -0.2) is 0 Å². The number of rotatable bonds is 3. The lowest BCUT2D eigenvalue weighted by molar-refractivity contribution is -0.143. The second kappa shape index (κ2) is 5.35. The van der Waals surface area contributed by atoms with Crippen LogP contribution in [0.25, 0.3) is 10.1 Å². The van der Waals surface area contributed by atoms with Gasteiger partial charge in [-0.2, -0.15) is 0 Å². The summed E-state index contributed by atoms with van der Waals surface area (Å²) in [5.74, 6) is -0.534. The molecule has 1 N–H and O–H groups in total. The number of carboxylic acid groups (broad SMARTS) is 1. The molecule has 0 aliphatic carbocycles. The molecule has 1 saturated heterocycles. The van der Waals surface area contributed by atoms with Crippen LogP contribution in [0.5, 0.6) is 0 Å². The third-order valence-electron chi connectivity index (χ3n) is 4.01. The molecule has 3 rings (SSSR count). The fraction of sp³-hybridized carbons (Fsp3) is 0.400.